The number of hydrogen-bond acceptors (Lipinski definition) is 5. The van der Waals surface area contributed by atoms with E-state index in [0.717, 1.165) is 16.7 Å². The van der Waals surface area contributed by atoms with E-state index in [9.17, 15) is 4.79 Å². The van der Waals surface area contributed by atoms with Gasteiger partial charge in [-0.15, -0.1) is 24.8 Å². The van der Waals surface area contributed by atoms with E-state index in [1.165, 1.54) is 7.05 Å². The fraction of sp³-hybridized carbons (Fsp3) is 0.412. The van der Waals surface area contributed by atoms with Crippen molar-refractivity contribution in [2.45, 2.75) is 26.4 Å². The molecule has 0 aliphatic rings. The zero-order valence-electron chi connectivity index (χ0n) is 15.6. The lowest BCUT2D eigenvalue weighted by molar-refractivity contribution is 0.0864. The Labute approximate surface area is 170 Å². The summed E-state index contributed by atoms with van der Waals surface area (Å²) in [7, 11) is 1.44. The van der Waals surface area contributed by atoms with Crippen molar-refractivity contribution in [2.75, 3.05) is 20.2 Å². The van der Waals surface area contributed by atoms with Crippen LogP contribution in [0.5, 0.6) is 11.5 Å². The Morgan fingerprint density at radius 2 is 1.93 bits per heavy atom. The zero-order valence-corrected chi connectivity index (χ0v) is 17.2. The number of carbonyl (C=O) groups is 1. The van der Waals surface area contributed by atoms with Crippen LogP contribution >= 0.6 is 24.8 Å². The van der Waals surface area contributed by atoms with Crippen molar-refractivity contribution in [1.82, 2.24) is 9.88 Å². The van der Waals surface area contributed by atoms with Crippen molar-refractivity contribution in [3.8, 4) is 11.5 Å². The van der Waals surface area contributed by atoms with E-state index in [2.05, 4.69) is 4.98 Å². The first-order chi connectivity index (χ1) is 11.8. The first-order valence-corrected chi connectivity index (χ1v) is 8.12. The van der Waals surface area contributed by atoms with E-state index in [0.29, 0.717) is 35.9 Å². The highest BCUT2D eigenvalue weighted by atomic mass is 35.5. The molecule has 0 aliphatic carbocycles. The lowest BCUT2D eigenvalue weighted by atomic mass is 10.2. The molecule has 1 amide bonds. The Morgan fingerprint density at radius 3 is 2.48 bits per heavy atom. The third-order valence-electron chi connectivity index (χ3n) is 3.58. The molecule has 0 radical (unpaired) electrons. The minimum absolute atomic E-state index is 0. The first kappa shape index (κ1) is 24.8. The maximum absolute atomic E-state index is 12.4. The van der Waals surface area contributed by atoms with Crippen molar-refractivity contribution in [3.63, 3.8) is 0 Å². The van der Waals surface area contributed by atoms with Gasteiger partial charge in [0.25, 0.3) is 5.91 Å². The molecule has 27 heavy (non-hydrogen) atoms. The highest BCUT2D eigenvalue weighted by Gasteiger charge is 2.20. The van der Waals surface area contributed by atoms with E-state index in [4.69, 9.17) is 26.4 Å². The summed E-state index contributed by atoms with van der Waals surface area (Å²) in [6.45, 7) is 4.88. The molecule has 0 unspecified atom stereocenters. The molecule has 0 saturated heterocycles. The number of amides is 1. The molecular formula is C17H27Cl2N5O3. The molecule has 0 saturated carbocycles. The van der Waals surface area contributed by atoms with Gasteiger partial charge >= 0.3 is 0 Å². The number of aromatic amines is 1. The molecule has 1 aromatic heterocycles. The molecule has 1 heterocycles. The Morgan fingerprint density at radius 1 is 1.30 bits per heavy atom. The smallest absolute Gasteiger partial charge is 0.276 e. The molecular weight excluding hydrogens is 393 g/mol. The largest absolute Gasteiger partial charge is 0.491 e. The van der Waals surface area contributed by atoms with Gasteiger partial charge in [0.2, 0.25) is 0 Å². The number of hydrogen-bond donors (Lipinski definition) is 4. The molecule has 0 aliphatic heterocycles. The van der Waals surface area contributed by atoms with Crippen molar-refractivity contribution in [2.24, 2.45) is 11.5 Å². The van der Waals surface area contributed by atoms with E-state index in [1.807, 2.05) is 19.9 Å². The second-order valence-electron chi connectivity index (χ2n) is 5.94. The first-order valence-electron chi connectivity index (χ1n) is 8.12. The normalized spacial score (nSPS) is 10.1. The summed E-state index contributed by atoms with van der Waals surface area (Å²) in [5.41, 5.74) is 11.9. The van der Waals surface area contributed by atoms with Gasteiger partial charge in [0.05, 0.1) is 18.2 Å². The highest BCUT2D eigenvalue weighted by molar-refractivity contribution is 6.07. The third-order valence-corrected chi connectivity index (χ3v) is 3.58. The standard InChI is InChI=1S/C17H25N5O3.2ClH/c1-10(2)25-13-5-6-14(24-8-4-7-18)15-11(13)9-12(21-15)16(23)22(3)17(19)20;;/h5-6,9-10,21H,4,7-8,18H2,1-3H3,(H3,19,20);2*1H. The number of nitrogens with one attached hydrogen (secondary N) is 2. The van der Waals surface area contributed by atoms with Crippen LogP contribution in [0.25, 0.3) is 10.9 Å². The number of fused-ring (bicyclic) bond motifs is 1. The monoisotopic (exact) mass is 419 g/mol. The molecule has 152 valence electrons. The molecule has 2 rings (SSSR count). The number of carbonyl (C=O) groups excluding carboxylic acids is 1. The van der Waals surface area contributed by atoms with Gasteiger partial charge < -0.3 is 25.9 Å². The number of H-pyrrole nitrogens is 1. The second-order valence-corrected chi connectivity index (χ2v) is 5.94. The van der Waals surface area contributed by atoms with Crippen LogP contribution in [-0.2, 0) is 0 Å². The number of guanidine groups is 1. The summed E-state index contributed by atoms with van der Waals surface area (Å²) in [4.78, 5) is 16.6. The van der Waals surface area contributed by atoms with E-state index in [1.54, 1.807) is 12.1 Å². The summed E-state index contributed by atoms with van der Waals surface area (Å²) < 4.78 is 11.6. The summed E-state index contributed by atoms with van der Waals surface area (Å²) >= 11 is 0. The number of rotatable bonds is 7. The van der Waals surface area contributed by atoms with Gasteiger partial charge in [0.15, 0.2) is 5.96 Å². The van der Waals surface area contributed by atoms with Crippen molar-refractivity contribution >= 4 is 47.6 Å². The fourth-order valence-electron chi connectivity index (χ4n) is 2.32. The van der Waals surface area contributed by atoms with Gasteiger partial charge in [-0.05, 0) is 45.0 Å². The molecule has 0 spiro atoms. The number of ether oxygens (including phenoxy) is 2. The van der Waals surface area contributed by atoms with Gasteiger partial charge in [-0.3, -0.25) is 15.1 Å². The molecule has 2 aromatic rings. The quantitative estimate of drug-likeness (QED) is 0.311. The number of nitrogens with two attached hydrogens (primary N) is 2. The molecule has 0 fully saturated rings. The molecule has 1 aromatic carbocycles. The van der Waals surface area contributed by atoms with Gasteiger partial charge in [0.1, 0.15) is 17.2 Å². The van der Waals surface area contributed by atoms with Crippen LogP contribution in [0.15, 0.2) is 18.2 Å². The summed E-state index contributed by atoms with van der Waals surface area (Å²) in [5, 5.41) is 8.15. The molecule has 8 nitrogen and oxygen atoms in total. The molecule has 0 atom stereocenters. The predicted octanol–water partition coefficient (Wildman–Crippen LogP) is 2.49. The Bertz CT molecular complexity index is 779. The number of benzene rings is 1. The third kappa shape index (κ3) is 5.92. The van der Waals surface area contributed by atoms with Crippen molar-refractivity contribution < 1.29 is 14.3 Å². The number of halogens is 2. The zero-order chi connectivity index (χ0) is 18.6. The topological polar surface area (TPSA) is 130 Å². The Balaban J connectivity index is 0.00000338. The summed E-state index contributed by atoms with van der Waals surface area (Å²) in [6, 6.07) is 5.30. The van der Waals surface area contributed by atoms with Crippen LogP contribution in [0.2, 0.25) is 0 Å². The van der Waals surface area contributed by atoms with E-state index >= 15 is 0 Å². The highest BCUT2D eigenvalue weighted by Crippen LogP contribution is 2.34. The maximum atomic E-state index is 12.4. The average Bonchev–Trinajstić information content (AvgIpc) is 3.00. The van der Waals surface area contributed by atoms with Crippen LogP contribution in [0.3, 0.4) is 0 Å². The van der Waals surface area contributed by atoms with Crippen LogP contribution in [0, 0.1) is 5.41 Å². The molecule has 10 heteroatoms. The van der Waals surface area contributed by atoms with Gasteiger partial charge in [-0.2, -0.15) is 0 Å². The average molecular weight is 420 g/mol. The van der Waals surface area contributed by atoms with E-state index in [-0.39, 0.29) is 36.9 Å². The number of nitrogens with zero attached hydrogens (tertiary/aromatic N) is 1. The van der Waals surface area contributed by atoms with Crippen molar-refractivity contribution in [1.29, 1.82) is 5.41 Å². The SMILES string of the molecule is CC(C)Oc1ccc(OCCCN)c2[nH]c(C(=O)N(C)C(=N)N)cc12.Cl.Cl. The Kier molecular flexibility index (Phi) is 9.99. The predicted molar refractivity (Wildman–Crippen MR) is 112 cm³/mol. The van der Waals surface area contributed by atoms with Crippen LogP contribution in [0.1, 0.15) is 30.8 Å². The lowest BCUT2D eigenvalue weighted by Gasteiger charge is -2.13. The van der Waals surface area contributed by atoms with Crippen LogP contribution in [0.4, 0.5) is 0 Å². The minimum Gasteiger partial charge on any atom is -0.491 e. The summed E-state index contributed by atoms with van der Waals surface area (Å²) in [5.74, 6) is 0.523. The number of aromatic nitrogens is 1. The summed E-state index contributed by atoms with van der Waals surface area (Å²) in [6.07, 6.45) is 0.715. The van der Waals surface area contributed by atoms with Gasteiger partial charge in [0, 0.05) is 12.4 Å². The van der Waals surface area contributed by atoms with Gasteiger partial charge in [-0.25, -0.2) is 0 Å². The van der Waals surface area contributed by atoms with E-state index < -0.39 is 5.91 Å². The Hall–Kier alpha value is -2.16. The van der Waals surface area contributed by atoms with Gasteiger partial charge in [-0.1, -0.05) is 0 Å². The molecule has 6 N–H and O–H groups in total. The lowest BCUT2D eigenvalue weighted by Crippen LogP contribution is -2.38. The minimum atomic E-state index is -0.410. The van der Waals surface area contributed by atoms with Crippen molar-refractivity contribution in [3.05, 3.63) is 23.9 Å². The fourth-order valence-corrected chi connectivity index (χ4v) is 2.32. The van der Waals surface area contributed by atoms with Crippen LogP contribution < -0.4 is 20.9 Å². The second kappa shape index (κ2) is 10.9. The maximum Gasteiger partial charge on any atom is 0.276 e. The van der Waals surface area contributed by atoms with Crippen LogP contribution in [-0.4, -0.2) is 48.1 Å². The molecule has 0 bridgehead atoms.